The molecule has 2 aliphatic rings. The van der Waals surface area contributed by atoms with Gasteiger partial charge in [-0.25, -0.2) is 0 Å². The summed E-state index contributed by atoms with van der Waals surface area (Å²) in [7, 11) is 0. The lowest BCUT2D eigenvalue weighted by Gasteiger charge is -2.36. The lowest BCUT2D eigenvalue weighted by molar-refractivity contribution is 0.168. The van der Waals surface area contributed by atoms with E-state index in [4.69, 9.17) is 5.41 Å². The summed E-state index contributed by atoms with van der Waals surface area (Å²) in [5.41, 5.74) is 0. The van der Waals surface area contributed by atoms with Gasteiger partial charge in [-0.1, -0.05) is 6.92 Å². The fraction of sp³-hybridized carbons (Fsp3) is 0.923. The van der Waals surface area contributed by atoms with Crippen LogP contribution in [0.1, 0.15) is 39.0 Å². The van der Waals surface area contributed by atoms with Crippen LogP contribution in [0.15, 0.2) is 0 Å². The molecular weight excluding hydrogens is 198 g/mol. The number of amidine groups is 1. The Kier molecular flexibility index (Phi) is 4.22. The Morgan fingerprint density at radius 1 is 1.19 bits per heavy atom. The first kappa shape index (κ1) is 11.9. The van der Waals surface area contributed by atoms with E-state index in [1.807, 2.05) is 0 Å². The Balaban J connectivity index is 1.75. The van der Waals surface area contributed by atoms with Crippen molar-refractivity contribution < 1.29 is 0 Å². The molecule has 0 amide bonds. The monoisotopic (exact) mass is 223 g/mol. The van der Waals surface area contributed by atoms with Crippen molar-refractivity contribution in [3.05, 3.63) is 0 Å². The van der Waals surface area contributed by atoms with Crippen LogP contribution in [-0.4, -0.2) is 48.4 Å². The number of hydrogen-bond acceptors (Lipinski definition) is 2. The van der Waals surface area contributed by atoms with Crippen LogP contribution < -0.4 is 0 Å². The standard InChI is InChI=1S/C13H25N3/c1-2-15-9-6-12(7-10-15)11-16-8-4-3-5-13(16)14/h12,14H,2-11H2,1H3. The fourth-order valence-electron chi connectivity index (χ4n) is 2.89. The average Bonchev–Trinajstić information content (AvgIpc) is 2.33. The van der Waals surface area contributed by atoms with E-state index < -0.39 is 0 Å². The number of hydrogen-bond donors (Lipinski definition) is 1. The van der Waals surface area contributed by atoms with Gasteiger partial charge in [-0.15, -0.1) is 0 Å². The van der Waals surface area contributed by atoms with Gasteiger partial charge in [0.2, 0.25) is 0 Å². The lowest BCUT2D eigenvalue weighted by Crippen LogP contribution is -2.42. The van der Waals surface area contributed by atoms with Crippen LogP contribution in [0.5, 0.6) is 0 Å². The van der Waals surface area contributed by atoms with Gasteiger partial charge in [-0.05, 0) is 51.2 Å². The molecule has 0 bridgehead atoms. The smallest absolute Gasteiger partial charge is 0.0957 e. The van der Waals surface area contributed by atoms with E-state index in [0.29, 0.717) is 0 Å². The molecule has 0 aromatic rings. The molecule has 0 saturated carbocycles. The average molecular weight is 223 g/mol. The van der Waals surface area contributed by atoms with Gasteiger partial charge in [-0.3, -0.25) is 5.41 Å². The SMILES string of the molecule is CCN1CCC(CN2CCCCC2=N)CC1. The van der Waals surface area contributed by atoms with Crippen molar-refractivity contribution in [2.75, 3.05) is 32.7 Å². The minimum atomic E-state index is 0.834. The van der Waals surface area contributed by atoms with Crippen molar-refractivity contribution in [2.45, 2.75) is 39.0 Å². The molecule has 0 aromatic carbocycles. The topological polar surface area (TPSA) is 30.3 Å². The maximum absolute atomic E-state index is 7.96. The first-order valence-electron chi connectivity index (χ1n) is 6.84. The van der Waals surface area contributed by atoms with E-state index in [2.05, 4.69) is 16.7 Å². The van der Waals surface area contributed by atoms with Crippen molar-refractivity contribution >= 4 is 5.84 Å². The van der Waals surface area contributed by atoms with Crippen LogP contribution in [-0.2, 0) is 0 Å². The predicted octanol–water partition coefficient (Wildman–Crippen LogP) is 2.18. The van der Waals surface area contributed by atoms with E-state index in [1.165, 1.54) is 45.3 Å². The molecule has 0 spiro atoms. The highest BCUT2D eigenvalue weighted by molar-refractivity contribution is 5.79. The minimum Gasteiger partial charge on any atom is -0.360 e. The van der Waals surface area contributed by atoms with Crippen molar-refractivity contribution in [1.82, 2.24) is 9.80 Å². The second-order valence-corrected chi connectivity index (χ2v) is 5.23. The molecule has 1 N–H and O–H groups in total. The van der Waals surface area contributed by atoms with E-state index in [9.17, 15) is 0 Å². The second kappa shape index (κ2) is 5.67. The largest absolute Gasteiger partial charge is 0.360 e. The Bertz CT molecular complexity index is 231. The number of nitrogens with zero attached hydrogens (tertiary/aromatic N) is 2. The van der Waals surface area contributed by atoms with Crippen molar-refractivity contribution in [2.24, 2.45) is 5.92 Å². The van der Waals surface area contributed by atoms with Crippen LogP contribution in [0.4, 0.5) is 0 Å². The summed E-state index contributed by atoms with van der Waals surface area (Å²) in [6.45, 7) is 8.26. The summed E-state index contributed by atoms with van der Waals surface area (Å²) in [6.07, 6.45) is 6.18. The van der Waals surface area contributed by atoms with E-state index in [0.717, 1.165) is 31.3 Å². The predicted molar refractivity (Wildman–Crippen MR) is 68.0 cm³/mol. The Morgan fingerprint density at radius 2 is 1.94 bits per heavy atom. The van der Waals surface area contributed by atoms with Crippen LogP contribution in [0, 0.1) is 11.3 Å². The third-order valence-corrected chi connectivity index (χ3v) is 4.11. The normalized spacial score (nSPS) is 25.1. The van der Waals surface area contributed by atoms with Crippen molar-refractivity contribution in [1.29, 1.82) is 5.41 Å². The molecule has 92 valence electrons. The van der Waals surface area contributed by atoms with Crippen LogP contribution >= 0.6 is 0 Å². The first-order valence-corrected chi connectivity index (χ1v) is 6.84. The maximum atomic E-state index is 7.96. The third kappa shape index (κ3) is 2.97. The first-order chi connectivity index (χ1) is 7.79. The van der Waals surface area contributed by atoms with Gasteiger partial charge in [0.05, 0.1) is 5.84 Å². The van der Waals surface area contributed by atoms with E-state index in [-0.39, 0.29) is 0 Å². The number of nitrogens with one attached hydrogen (secondary N) is 1. The highest BCUT2D eigenvalue weighted by atomic mass is 15.2. The lowest BCUT2D eigenvalue weighted by atomic mass is 9.95. The van der Waals surface area contributed by atoms with Gasteiger partial charge in [0, 0.05) is 19.5 Å². The molecule has 0 aliphatic carbocycles. The summed E-state index contributed by atoms with van der Waals surface area (Å²) in [5.74, 6) is 1.73. The van der Waals surface area contributed by atoms with Crippen LogP contribution in [0.2, 0.25) is 0 Å². The molecule has 16 heavy (non-hydrogen) atoms. The van der Waals surface area contributed by atoms with Crippen molar-refractivity contribution in [3.63, 3.8) is 0 Å². The van der Waals surface area contributed by atoms with E-state index in [1.54, 1.807) is 0 Å². The summed E-state index contributed by atoms with van der Waals surface area (Å²) >= 11 is 0. The van der Waals surface area contributed by atoms with Gasteiger partial charge in [0.1, 0.15) is 0 Å². The molecule has 0 atom stereocenters. The van der Waals surface area contributed by atoms with Gasteiger partial charge < -0.3 is 9.80 Å². The minimum absolute atomic E-state index is 0.834. The molecule has 2 aliphatic heterocycles. The maximum Gasteiger partial charge on any atom is 0.0957 e. The molecule has 2 rings (SSSR count). The zero-order valence-electron chi connectivity index (χ0n) is 10.5. The third-order valence-electron chi connectivity index (χ3n) is 4.11. The molecule has 0 aromatic heterocycles. The molecule has 3 heteroatoms. The summed E-state index contributed by atoms with van der Waals surface area (Å²) in [5, 5.41) is 7.96. The Morgan fingerprint density at radius 3 is 2.56 bits per heavy atom. The number of rotatable bonds is 3. The second-order valence-electron chi connectivity index (χ2n) is 5.23. The van der Waals surface area contributed by atoms with Gasteiger partial charge in [0.25, 0.3) is 0 Å². The van der Waals surface area contributed by atoms with Gasteiger partial charge in [0.15, 0.2) is 0 Å². The molecule has 2 heterocycles. The van der Waals surface area contributed by atoms with Crippen molar-refractivity contribution in [3.8, 4) is 0 Å². The Labute approximate surface area is 99.3 Å². The molecule has 2 fully saturated rings. The molecule has 2 saturated heterocycles. The zero-order chi connectivity index (χ0) is 11.4. The summed E-state index contributed by atoms with van der Waals surface area (Å²) in [4.78, 5) is 4.87. The summed E-state index contributed by atoms with van der Waals surface area (Å²) in [6, 6.07) is 0. The molecule has 3 nitrogen and oxygen atoms in total. The summed E-state index contributed by atoms with van der Waals surface area (Å²) < 4.78 is 0. The number of piperidine rings is 2. The van der Waals surface area contributed by atoms with Crippen LogP contribution in [0.3, 0.4) is 0 Å². The van der Waals surface area contributed by atoms with Gasteiger partial charge in [-0.2, -0.15) is 0 Å². The fourth-order valence-corrected chi connectivity index (χ4v) is 2.89. The molecule has 0 radical (unpaired) electrons. The van der Waals surface area contributed by atoms with Crippen LogP contribution in [0.25, 0.3) is 0 Å². The highest BCUT2D eigenvalue weighted by Gasteiger charge is 2.22. The van der Waals surface area contributed by atoms with Gasteiger partial charge >= 0.3 is 0 Å². The number of likely N-dealkylation sites (tertiary alicyclic amines) is 2. The zero-order valence-corrected chi connectivity index (χ0v) is 10.5. The Hall–Kier alpha value is -0.570. The molecule has 0 unspecified atom stereocenters. The molecular formula is C13H25N3. The quantitative estimate of drug-likeness (QED) is 0.795. The highest BCUT2D eigenvalue weighted by Crippen LogP contribution is 2.20. The van der Waals surface area contributed by atoms with E-state index >= 15 is 0 Å².